The van der Waals surface area contributed by atoms with Gasteiger partial charge in [-0.15, -0.1) is 0 Å². The van der Waals surface area contributed by atoms with E-state index in [1.165, 1.54) is 10.6 Å². The Morgan fingerprint density at radius 3 is 2.30 bits per heavy atom. The summed E-state index contributed by atoms with van der Waals surface area (Å²) in [5, 5.41) is 0.388. The van der Waals surface area contributed by atoms with Crippen molar-refractivity contribution < 1.29 is 17.9 Å². The zero-order valence-corrected chi connectivity index (χ0v) is 15.0. The lowest BCUT2D eigenvalue weighted by molar-refractivity contribution is 0.0698. The zero-order chi connectivity index (χ0) is 17.2. The molecule has 8 heteroatoms. The van der Waals surface area contributed by atoms with Crippen molar-refractivity contribution in [3.05, 3.63) is 28.8 Å². The highest BCUT2D eigenvalue weighted by Gasteiger charge is 2.26. The second-order valence-corrected chi connectivity index (χ2v) is 8.16. The smallest absolute Gasteiger partial charge is 0.253 e. The summed E-state index contributed by atoms with van der Waals surface area (Å²) >= 11 is 6.16. The van der Waals surface area contributed by atoms with Crippen LogP contribution < -0.4 is 4.74 Å². The molecule has 0 spiro atoms. The predicted octanol–water partition coefficient (Wildman–Crippen LogP) is 1.84. The molecule has 1 aromatic carbocycles. The number of sulfonamides is 1. The van der Waals surface area contributed by atoms with E-state index in [0.29, 0.717) is 42.5 Å². The molecule has 0 radical (unpaired) electrons. The fraction of sp³-hybridized carbons (Fsp3) is 0.533. The van der Waals surface area contributed by atoms with Crippen molar-refractivity contribution in [2.75, 3.05) is 32.4 Å². The summed E-state index contributed by atoms with van der Waals surface area (Å²) in [6.07, 6.45) is 1.18. The molecule has 0 saturated carbocycles. The van der Waals surface area contributed by atoms with Gasteiger partial charge in [0.25, 0.3) is 5.91 Å². The number of nitrogens with zero attached hydrogens (tertiary/aromatic N) is 2. The second kappa shape index (κ2) is 7.07. The molecule has 2 rings (SSSR count). The van der Waals surface area contributed by atoms with Crippen molar-refractivity contribution in [1.29, 1.82) is 0 Å². The van der Waals surface area contributed by atoms with E-state index < -0.39 is 10.0 Å². The molecule has 1 amide bonds. The number of piperazine rings is 1. The van der Waals surface area contributed by atoms with Gasteiger partial charge in [-0.25, -0.2) is 8.42 Å². The van der Waals surface area contributed by atoms with Crippen molar-refractivity contribution in [2.45, 2.75) is 20.0 Å². The molecule has 1 aliphatic rings. The Bertz CT molecular complexity index is 683. The molecule has 1 heterocycles. The molecule has 1 saturated heterocycles. The number of hydrogen-bond donors (Lipinski definition) is 0. The first-order valence-corrected chi connectivity index (χ1v) is 9.61. The molecule has 1 aromatic rings. The van der Waals surface area contributed by atoms with Crippen LogP contribution in [0, 0.1) is 0 Å². The number of carbonyl (C=O) groups excluding carboxylic acids is 1. The predicted molar refractivity (Wildman–Crippen MR) is 89.5 cm³/mol. The van der Waals surface area contributed by atoms with Crippen LogP contribution in [0.3, 0.4) is 0 Å². The highest BCUT2D eigenvalue weighted by molar-refractivity contribution is 7.88. The maximum absolute atomic E-state index is 12.5. The molecule has 0 bridgehead atoms. The maximum Gasteiger partial charge on any atom is 0.253 e. The van der Waals surface area contributed by atoms with Crippen molar-refractivity contribution >= 4 is 27.5 Å². The van der Waals surface area contributed by atoms with Crippen LogP contribution in [-0.4, -0.2) is 62.1 Å². The number of halogens is 1. The van der Waals surface area contributed by atoms with Gasteiger partial charge in [0.15, 0.2) is 0 Å². The fourth-order valence-corrected chi connectivity index (χ4v) is 3.44. The first kappa shape index (κ1) is 18.0. The third-order valence-electron chi connectivity index (χ3n) is 3.54. The van der Waals surface area contributed by atoms with E-state index >= 15 is 0 Å². The van der Waals surface area contributed by atoms with Crippen LogP contribution in [0.4, 0.5) is 0 Å². The van der Waals surface area contributed by atoms with Crippen LogP contribution in [0.1, 0.15) is 24.2 Å². The van der Waals surface area contributed by atoms with E-state index in [0.717, 1.165) is 0 Å². The summed E-state index contributed by atoms with van der Waals surface area (Å²) < 4.78 is 29.9. The highest BCUT2D eigenvalue weighted by Crippen LogP contribution is 2.27. The second-order valence-electron chi connectivity index (χ2n) is 5.77. The van der Waals surface area contributed by atoms with Crippen molar-refractivity contribution in [1.82, 2.24) is 9.21 Å². The van der Waals surface area contributed by atoms with Crippen LogP contribution in [0.5, 0.6) is 5.75 Å². The normalized spacial score (nSPS) is 16.7. The SMILES string of the molecule is CC(C)Oc1ccc(C(=O)N2CCN(S(C)(=O)=O)CC2)cc1Cl. The highest BCUT2D eigenvalue weighted by atomic mass is 35.5. The van der Waals surface area contributed by atoms with Crippen LogP contribution in [0.2, 0.25) is 5.02 Å². The van der Waals surface area contributed by atoms with E-state index in [1.807, 2.05) is 13.8 Å². The largest absolute Gasteiger partial charge is 0.489 e. The molecule has 0 unspecified atom stereocenters. The van der Waals surface area contributed by atoms with E-state index in [4.69, 9.17) is 16.3 Å². The summed E-state index contributed by atoms with van der Waals surface area (Å²) in [5.41, 5.74) is 0.471. The minimum Gasteiger partial charge on any atom is -0.489 e. The molecule has 1 fully saturated rings. The molecule has 0 aromatic heterocycles. The fourth-order valence-electron chi connectivity index (χ4n) is 2.39. The number of benzene rings is 1. The summed E-state index contributed by atoms with van der Waals surface area (Å²) in [6, 6.07) is 4.95. The summed E-state index contributed by atoms with van der Waals surface area (Å²) in [4.78, 5) is 14.1. The summed E-state index contributed by atoms with van der Waals surface area (Å²) in [6.45, 7) is 5.16. The molecule has 128 valence electrons. The minimum absolute atomic E-state index is 0.00174. The van der Waals surface area contributed by atoms with Crippen molar-refractivity contribution in [2.24, 2.45) is 0 Å². The molecule has 0 atom stereocenters. The van der Waals surface area contributed by atoms with Crippen LogP contribution in [0.15, 0.2) is 18.2 Å². The lowest BCUT2D eigenvalue weighted by Crippen LogP contribution is -2.50. The third-order valence-corrected chi connectivity index (χ3v) is 5.13. The zero-order valence-electron chi connectivity index (χ0n) is 13.5. The standard InChI is InChI=1S/C15H21ClN2O4S/c1-11(2)22-14-5-4-12(10-13(14)16)15(19)17-6-8-18(9-7-17)23(3,20)21/h4-5,10-11H,6-9H2,1-3H3. The first-order valence-electron chi connectivity index (χ1n) is 7.39. The van der Waals surface area contributed by atoms with Gasteiger partial charge in [-0.2, -0.15) is 4.31 Å². The lowest BCUT2D eigenvalue weighted by atomic mass is 10.1. The van der Waals surface area contributed by atoms with E-state index in [9.17, 15) is 13.2 Å². The number of hydrogen-bond acceptors (Lipinski definition) is 4. The average molecular weight is 361 g/mol. The quantitative estimate of drug-likeness (QED) is 0.821. The van der Waals surface area contributed by atoms with Gasteiger partial charge in [-0.05, 0) is 32.0 Å². The van der Waals surface area contributed by atoms with Gasteiger partial charge in [0.2, 0.25) is 10.0 Å². The Balaban J connectivity index is 2.06. The van der Waals surface area contributed by atoms with Crippen LogP contribution in [0.25, 0.3) is 0 Å². The van der Waals surface area contributed by atoms with Crippen LogP contribution in [-0.2, 0) is 10.0 Å². The van der Waals surface area contributed by atoms with Crippen LogP contribution >= 0.6 is 11.6 Å². The molecule has 23 heavy (non-hydrogen) atoms. The molecular weight excluding hydrogens is 340 g/mol. The van der Waals surface area contributed by atoms with Gasteiger partial charge in [0.05, 0.1) is 17.4 Å². The summed E-state index contributed by atoms with van der Waals surface area (Å²) in [7, 11) is -3.21. The van der Waals surface area contributed by atoms with E-state index in [1.54, 1.807) is 23.1 Å². The van der Waals surface area contributed by atoms with Gasteiger partial charge < -0.3 is 9.64 Å². The molecule has 1 aliphatic heterocycles. The number of carbonyl (C=O) groups is 1. The monoisotopic (exact) mass is 360 g/mol. The molecule has 0 aliphatic carbocycles. The number of rotatable bonds is 4. The van der Waals surface area contributed by atoms with Gasteiger partial charge in [-0.3, -0.25) is 4.79 Å². The van der Waals surface area contributed by atoms with Gasteiger partial charge in [0, 0.05) is 31.7 Å². The minimum atomic E-state index is -3.21. The topological polar surface area (TPSA) is 66.9 Å². The first-order chi connectivity index (χ1) is 10.7. The van der Waals surface area contributed by atoms with Gasteiger partial charge >= 0.3 is 0 Å². The number of amides is 1. The van der Waals surface area contributed by atoms with E-state index in [2.05, 4.69) is 0 Å². The van der Waals surface area contributed by atoms with Crippen molar-refractivity contribution in [3.8, 4) is 5.75 Å². The molecule has 0 N–H and O–H groups in total. The Morgan fingerprint density at radius 2 is 1.83 bits per heavy atom. The summed E-state index contributed by atoms with van der Waals surface area (Å²) in [5.74, 6) is 0.385. The lowest BCUT2D eigenvalue weighted by Gasteiger charge is -2.33. The Hall–Kier alpha value is -1.31. The molecule has 6 nitrogen and oxygen atoms in total. The Labute approximate surface area is 142 Å². The van der Waals surface area contributed by atoms with Gasteiger partial charge in [-0.1, -0.05) is 11.6 Å². The Morgan fingerprint density at radius 1 is 1.22 bits per heavy atom. The number of ether oxygens (including phenoxy) is 1. The third kappa shape index (κ3) is 4.59. The Kier molecular flexibility index (Phi) is 5.54. The maximum atomic E-state index is 12.5. The van der Waals surface area contributed by atoms with E-state index in [-0.39, 0.29) is 12.0 Å². The van der Waals surface area contributed by atoms with Gasteiger partial charge in [0.1, 0.15) is 5.75 Å². The molecular formula is C15H21ClN2O4S. The van der Waals surface area contributed by atoms with Crippen molar-refractivity contribution in [3.63, 3.8) is 0 Å². The average Bonchev–Trinajstić information content (AvgIpc) is 2.47.